The van der Waals surface area contributed by atoms with Gasteiger partial charge in [0.15, 0.2) is 0 Å². The first-order valence-corrected chi connectivity index (χ1v) is 4.31. The van der Waals surface area contributed by atoms with Crippen LogP contribution in [-0.2, 0) is 4.79 Å². The molecule has 5 heteroatoms. The predicted molar refractivity (Wildman–Crippen MR) is 40.0 cm³/mol. The van der Waals surface area contributed by atoms with Crippen LogP contribution in [0.2, 0.25) is 0 Å². The second-order valence-corrected chi connectivity index (χ2v) is 3.97. The number of aliphatic hydroxyl groups is 2. The topological polar surface area (TPSA) is 77.8 Å². The number of hydrogen-bond donors (Lipinski definition) is 3. The number of hydrogen-bond acceptors (Lipinski definition) is 4. The van der Waals surface area contributed by atoms with Crippen LogP contribution >= 0.6 is 11.8 Å². The number of rotatable bonds is 1. The van der Waals surface area contributed by atoms with Gasteiger partial charge in [0.2, 0.25) is 5.12 Å². The van der Waals surface area contributed by atoms with Crippen molar-refractivity contribution < 1.29 is 20.1 Å². The summed E-state index contributed by atoms with van der Waals surface area (Å²) in [6, 6.07) is 0. The van der Waals surface area contributed by atoms with Gasteiger partial charge in [-0.05, 0) is 12.2 Å². The molecule has 1 rings (SSSR count). The molecule has 0 aromatic carbocycles. The summed E-state index contributed by atoms with van der Waals surface area (Å²) in [4.78, 5) is 10.4. The maximum atomic E-state index is 10.4. The van der Waals surface area contributed by atoms with E-state index in [9.17, 15) is 4.79 Å². The summed E-state index contributed by atoms with van der Waals surface area (Å²) in [7, 11) is 0. The summed E-state index contributed by atoms with van der Waals surface area (Å²) in [6.45, 7) is 0. The van der Waals surface area contributed by atoms with Gasteiger partial charge >= 0.3 is 5.97 Å². The normalized spacial score (nSPS) is 29.8. The molecule has 0 radical (unpaired) electrons. The monoisotopic (exact) mass is 178 g/mol. The second kappa shape index (κ2) is 3.00. The van der Waals surface area contributed by atoms with Crippen molar-refractivity contribution in [2.45, 2.75) is 18.0 Å². The minimum atomic E-state index is -1.83. The van der Waals surface area contributed by atoms with Gasteiger partial charge in [0.25, 0.3) is 0 Å². The lowest BCUT2D eigenvalue weighted by atomic mass is 10.0. The highest BCUT2D eigenvalue weighted by atomic mass is 32.2. The Balaban J connectivity index is 2.53. The molecule has 11 heavy (non-hydrogen) atoms. The highest BCUT2D eigenvalue weighted by molar-refractivity contribution is 8.00. The molecule has 0 aromatic rings. The van der Waals surface area contributed by atoms with Crippen molar-refractivity contribution in [3.05, 3.63) is 0 Å². The van der Waals surface area contributed by atoms with E-state index in [4.69, 9.17) is 15.3 Å². The summed E-state index contributed by atoms with van der Waals surface area (Å²) in [5.74, 6) is -1.06. The Labute approximate surface area is 68.2 Å². The molecule has 4 nitrogen and oxygen atoms in total. The zero-order valence-corrected chi connectivity index (χ0v) is 6.67. The molecule has 0 aliphatic carbocycles. The molecule has 1 fully saturated rings. The van der Waals surface area contributed by atoms with Gasteiger partial charge in [-0.25, -0.2) is 0 Å². The standard InChI is InChI=1S/C6H10O4S/c7-5(8)4-1-2-11-6(9,10)3-4/h4,9-10H,1-3H2,(H,7,8). The lowest BCUT2D eigenvalue weighted by Crippen LogP contribution is -2.35. The molecule has 1 unspecified atom stereocenters. The molecular weight excluding hydrogens is 168 g/mol. The van der Waals surface area contributed by atoms with E-state index in [2.05, 4.69) is 0 Å². The molecule has 1 aliphatic rings. The lowest BCUT2D eigenvalue weighted by Gasteiger charge is -2.29. The predicted octanol–water partition coefficient (Wildman–Crippen LogP) is -0.147. The molecule has 1 saturated heterocycles. The van der Waals surface area contributed by atoms with Crippen molar-refractivity contribution in [3.8, 4) is 0 Å². The van der Waals surface area contributed by atoms with E-state index in [1.165, 1.54) is 0 Å². The van der Waals surface area contributed by atoms with E-state index in [0.717, 1.165) is 11.8 Å². The quantitative estimate of drug-likeness (QED) is 0.487. The van der Waals surface area contributed by atoms with Gasteiger partial charge in [-0.1, -0.05) is 11.8 Å². The van der Waals surface area contributed by atoms with Crippen molar-refractivity contribution in [1.29, 1.82) is 0 Å². The molecular formula is C6H10O4S. The van der Waals surface area contributed by atoms with Crippen molar-refractivity contribution in [2.75, 3.05) is 5.75 Å². The minimum absolute atomic E-state index is 0.0764. The van der Waals surface area contributed by atoms with E-state index in [1.807, 2.05) is 0 Å². The van der Waals surface area contributed by atoms with Gasteiger partial charge in [0.1, 0.15) is 0 Å². The highest BCUT2D eigenvalue weighted by Crippen LogP contribution is 2.35. The van der Waals surface area contributed by atoms with E-state index < -0.39 is 17.0 Å². The Bertz CT molecular complexity index is 168. The van der Waals surface area contributed by atoms with E-state index >= 15 is 0 Å². The average Bonchev–Trinajstić information content (AvgIpc) is 1.85. The van der Waals surface area contributed by atoms with Crippen molar-refractivity contribution in [3.63, 3.8) is 0 Å². The first-order chi connectivity index (χ1) is 5.01. The average molecular weight is 178 g/mol. The first kappa shape index (κ1) is 8.83. The zero-order valence-electron chi connectivity index (χ0n) is 5.86. The molecule has 1 aliphatic heterocycles. The maximum Gasteiger partial charge on any atom is 0.306 e. The number of aliphatic carboxylic acids is 1. The summed E-state index contributed by atoms with van der Waals surface area (Å²) in [5, 5.41) is 24.8. The van der Waals surface area contributed by atoms with Crippen LogP contribution < -0.4 is 0 Å². The minimum Gasteiger partial charge on any atom is -0.481 e. The van der Waals surface area contributed by atoms with Crippen LogP contribution in [0.5, 0.6) is 0 Å². The van der Waals surface area contributed by atoms with Crippen LogP contribution in [-0.4, -0.2) is 32.2 Å². The Hall–Kier alpha value is -0.260. The van der Waals surface area contributed by atoms with Gasteiger partial charge in [-0.3, -0.25) is 4.79 Å². The van der Waals surface area contributed by atoms with Crippen LogP contribution in [0.3, 0.4) is 0 Å². The summed E-state index contributed by atoms with van der Waals surface area (Å²) in [5.41, 5.74) is 0. The summed E-state index contributed by atoms with van der Waals surface area (Å²) >= 11 is 0.989. The molecule has 0 bridgehead atoms. The van der Waals surface area contributed by atoms with E-state index in [0.29, 0.717) is 12.2 Å². The smallest absolute Gasteiger partial charge is 0.306 e. The van der Waals surface area contributed by atoms with Crippen LogP contribution in [0, 0.1) is 5.92 Å². The summed E-state index contributed by atoms with van der Waals surface area (Å²) < 4.78 is 0. The van der Waals surface area contributed by atoms with Crippen molar-refractivity contribution >= 4 is 17.7 Å². The molecule has 1 atom stereocenters. The fraction of sp³-hybridized carbons (Fsp3) is 0.833. The molecule has 64 valence electrons. The number of carboxylic acids is 1. The Kier molecular flexibility index (Phi) is 2.41. The highest BCUT2D eigenvalue weighted by Gasteiger charge is 2.36. The van der Waals surface area contributed by atoms with Crippen LogP contribution in [0.1, 0.15) is 12.8 Å². The van der Waals surface area contributed by atoms with Gasteiger partial charge in [0.05, 0.1) is 5.92 Å². The largest absolute Gasteiger partial charge is 0.481 e. The zero-order chi connectivity index (χ0) is 8.48. The van der Waals surface area contributed by atoms with Crippen LogP contribution in [0.4, 0.5) is 0 Å². The van der Waals surface area contributed by atoms with Gasteiger partial charge in [0, 0.05) is 6.42 Å². The number of thioether (sulfide) groups is 1. The lowest BCUT2D eigenvalue weighted by molar-refractivity contribution is -0.150. The van der Waals surface area contributed by atoms with Gasteiger partial charge < -0.3 is 15.3 Å². The van der Waals surface area contributed by atoms with Gasteiger partial charge in [-0.2, -0.15) is 0 Å². The fourth-order valence-electron chi connectivity index (χ4n) is 1.06. The SMILES string of the molecule is O=C(O)C1CCSC(O)(O)C1. The Morgan fingerprint density at radius 3 is 2.55 bits per heavy atom. The van der Waals surface area contributed by atoms with Crippen LogP contribution in [0.15, 0.2) is 0 Å². The molecule has 0 spiro atoms. The third-order valence-electron chi connectivity index (χ3n) is 1.66. The third-order valence-corrected chi connectivity index (χ3v) is 2.73. The molecule has 0 saturated carbocycles. The van der Waals surface area contributed by atoms with E-state index in [-0.39, 0.29) is 6.42 Å². The molecule has 1 heterocycles. The molecule has 3 N–H and O–H groups in total. The van der Waals surface area contributed by atoms with Gasteiger partial charge in [-0.15, -0.1) is 0 Å². The fourth-order valence-corrected chi connectivity index (χ4v) is 2.11. The van der Waals surface area contributed by atoms with Crippen molar-refractivity contribution in [1.82, 2.24) is 0 Å². The summed E-state index contributed by atoms with van der Waals surface area (Å²) in [6.07, 6.45) is 0.440. The molecule has 0 aromatic heterocycles. The number of carboxylic acid groups (broad SMARTS) is 1. The van der Waals surface area contributed by atoms with E-state index in [1.54, 1.807) is 0 Å². The first-order valence-electron chi connectivity index (χ1n) is 3.33. The van der Waals surface area contributed by atoms with Crippen LogP contribution in [0.25, 0.3) is 0 Å². The van der Waals surface area contributed by atoms with Crippen molar-refractivity contribution in [2.24, 2.45) is 5.92 Å². The molecule has 0 amide bonds. The number of carbonyl (C=O) groups is 1. The third kappa shape index (κ3) is 2.36. The maximum absolute atomic E-state index is 10.4. The Morgan fingerprint density at radius 2 is 2.18 bits per heavy atom. The Morgan fingerprint density at radius 1 is 1.55 bits per heavy atom. The second-order valence-electron chi connectivity index (χ2n) is 2.62.